The second-order valence-electron chi connectivity index (χ2n) is 8.44. The zero-order valence-corrected chi connectivity index (χ0v) is 19.5. The van der Waals surface area contributed by atoms with Crippen molar-refractivity contribution in [2.45, 2.75) is 33.1 Å². The summed E-state index contributed by atoms with van der Waals surface area (Å²) < 4.78 is 0. The quantitative estimate of drug-likeness (QED) is 0.247. The molecule has 5 nitrogen and oxygen atoms in total. The predicted molar refractivity (Wildman–Crippen MR) is 137 cm³/mol. The van der Waals surface area contributed by atoms with Gasteiger partial charge in [0.15, 0.2) is 11.6 Å². The number of hydrogen-bond donors (Lipinski definition) is 0. The van der Waals surface area contributed by atoms with Crippen molar-refractivity contribution < 1.29 is 9.59 Å². The van der Waals surface area contributed by atoms with Crippen molar-refractivity contribution in [3.8, 4) is 0 Å². The first kappa shape index (κ1) is 23.2. The van der Waals surface area contributed by atoms with Crippen LogP contribution in [-0.4, -0.2) is 34.5 Å². The zero-order chi connectivity index (χ0) is 23.9. The number of aromatic nitrogens is 1. The van der Waals surface area contributed by atoms with Crippen LogP contribution in [0.3, 0.4) is 0 Å². The van der Waals surface area contributed by atoms with Crippen LogP contribution in [0, 0.1) is 6.92 Å². The largest absolute Gasteiger partial charge is 0.295 e. The van der Waals surface area contributed by atoms with Gasteiger partial charge in [-0.1, -0.05) is 36.4 Å². The molecule has 2 aromatic carbocycles. The maximum absolute atomic E-state index is 12.9. The number of rotatable bonds is 9. The number of Topliss-reactive ketones (excluding diaryl/α,β-unsaturated/α-hetero) is 1. The lowest BCUT2D eigenvalue weighted by Gasteiger charge is -2.07. The van der Waals surface area contributed by atoms with E-state index in [0.29, 0.717) is 24.9 Å². The van der Waals surface area contributed by atoms with Gasteiger partial charge in [0, 0.05) is 48.6 Å². The third-order valence-corrected chi connectivity index (χ3v) is 5.75. The van der Waals surface area contributed by atoms with Gasteiger partial charge < -0.3 is 0 Å². The fraction of sp³-hybridized carbons (Fsp3) is 0.207. The molecule has 0 aliphatic carbocycles. The van der Waals surface area contributed by atoms with Gasteiger partial charge in [-0.3, -0.25) is 24.6 Å². The number of benzene rings is 2. The van der Waals surface area contributed by atoms with Crippen LogP contribution in [0.15, 0.2) is 89.1 Å². The molecule has 1 aliphatic rings. The molecule has 3 aromatic rings. The average molecular weight is 450 g/mol. The van der Waals surface area contributed by atoms with Crippen LogP contribution in [-0.2, 0) is 17.6 Å². The Morgan fingerprint density at radius 2 is 1.91 bits per heavy atom. The molecule has 0 atom stereocenters. The molecule has 0 fully saturated rings. The minimum atomic E-state index is -0.0320. The number of hydrogen-bond acceptors (Lipinski definition) is 5. The van der Waals surface area contributed by atoms with E-state index in [9.17, 15) is 9.59 Å². The van der Waals surface area contributed by atoms with E-state index in [1.54, 1.807) is 18.5 Å². The monoisotopic (exact) mass is 449 g/mol. The second-order valence-corrected chi connectivity index (χ2v) is 8.44. The summed E-state index contributed by atoms with van der Waals surface area (Å²) in [7, 11) is 0. The highest BCUT2D eigenvalue weighted by Crippen LogP contribution is 2.27. The summed E-state index contributed by atoms with van der Waals surface area (Å²) in [6.45, 7) is 4.05. The standard InChI is InChI=1S/C29H27N3O2/c1-20-12-14-30-19-26(20)28(11-10-21(2)33)31-15-13-22-6-5-8-24(16-22)29(34)18-25-17-23-7-3-4-9-27(23)32-25/h3-12,14,16,19H,13,15,17-18H2,1-2H3/b11-10-,31-28+. The van der Waals surface area contributed by atoms with Gasteiger partial charge in [0.05, 0.1) is 11.4 Å². The van der Waals surface area contributed by atoms with Gasteiger partial charge in [0.1, 0.15) is 0 Å². The van der Waals surface area contributed by atoms with Crippen molar-refractivity contribution in [3.05, 3.63) is 107 Å². The highest BCUT2D eigenvalue weighted by Gasteiger charge is 2.17. The fourth-order valence-corrected chi connectivity index (χ4v) is 3.95. The summed E-state index contributed by atoms with van der Waals surface area (Å²) >= 11 is 0. The molecular formula is C29H27N3O2. The van der Waals surface area contributed by atoms with E-state index in [-0.39, 0.29) is 11.6 Å². The van der Waals surface area contributed by atoms with E-state index in [1.807, 2.05) is 55.5 Å². The van der Waals surface area contributed by atoms with Crippen molar-refractivity contribution in [1.29, 1.82) is 0 Å². The van der Waals surface area contributed by atoms with Crippen molar-refractivity contribution in [2.24, 2.45) is 9.98 Å². The van der Waals surface area contributed by atoms with Crippen LogP contribution in [0.2, 0.25) is 0 Å². The molecule has 34 heavy (non-hydrogen) atoms. The number of ketones is 2. The molecule has 1 aliphatic heterocycles. The van der Waals surface area contributed by atoms with Crippen LogP contribution >= 0.6 is 0 Å². The van der Waals surface area contributed by atoms with Gasteiger partial charge in [0.2, 0.25) is 0 Å². The summed E-state index contributed by atoms with van der Waals surface area (Å²) in [4.78, 5) is 37.9. The third-order valence-electron chi connectivity index (χ3n) is 5.75. The molecule has 0 amide bonds. The van der Waals surface area contributed by atoms with E-state index in [2.05, 4.69) is 16.0 Å². The molecule has 0 saturated heterocycles. The minimum absolute atomic E-state index is 0.0320. The number of carbonyl (C=O) groups excluding carboxylic acids is 2. The Morgan fingerprint density at radius 3 is 2.71 bits per heavy atom. The Balaban J connectivity index is 1.43. The Hall–Kier alpha value is -3.99. The molecule has 0 N–H and O–H groups in total. The second kappa shape index (κ2) is 10.8. The molecular weight excluding hydrogens is 422 g/mol. The summed E-state index contributed by atoms with van der Waals surface area (Å²) in [5.41, 5.74) is 7.48. The highest BCUT2D eigenvalue weighted by molar-refractivity contribution is 6.12. The first-order valence-electron chi connectivity index (χ1n) is 11.4. The molecule has 5 heteroatoms. The first-order valence-corrected chi connectivity index (χ1v) is 11.4. The van der Waals surface area contributed by atoms with Gasteiger partial charge in [0.25, 0.3) is 0 Å². The minimum Gasteiger partial charge on any atom is -0.295 e. The SMILES string of the molecule is CC(=O)/C=C\C(=N/CCc1cccc(C(=O)CC2=Nc3ccccc3C2)c1)c1cnccc1C. The van der Waals surface area contributed by atoms with Gasteiger partial charge in [-0.2, -0.15) is 0 Å². The lowest BCUT2D eigenvalue weighted by atomic mass is 10.00. The summed E-state index contributed by atoms with van der Waals surface area (Å²) in [5.74, 6) is 0.0448. The highest BCUT2D eigenvalue weighted by atomic mass is 16.1. The Labute approximate surface area is 200 Å². The number of pyridine rings is 1. The van der Waals surface area contributed by atoms with E-state index < -0.39 is 0 Å². The maximum Gasteiger partial charge on any atom is 0.168 e. The van der Waals surface area contributed by atoms with Crippen molar-refractivity contribution in [3.63, 3.8) is 0 Å². The van der Waals surface area contributed by atoms with Gasteiger partial charge in [-0.25, -0.2) is 0 Å². The Morgan fingerprint density at radius 1 is 1.06 bits per heavy atom. The van der Waals surface area contributed by atoms with Crippen molar-refractivity contribution >= 4 is 28.7 Å². The molecule has 2 heterocycles. The van der Waals surface area contributed by atoms with E-state index >= 15 is 0 Å². The molecule has 0 radical (unpaired) electrons. The number of aliphatic imine (C=N–C) groups is 2. The number of allylic oxidation sites excluding steroid dienone is 2. The maximum atomic E-state index is 12.9. The molecule has 0 unspecified atom stereocenters. The smallest absolute Gasteiger partial charge is 0.168 e. The van der Waals surface area contributed by atoms with Crippen LogP contribution in [0.1, 0.15) is 46.0 Å². The number of carbonyl (C=O) groups is 2. The van der Waals surface area contributed by atoms with Crippen molar-refractivity contribution in [2.75, 3.05) is 6.54 Å². The van der Waals surface area contributed by atoms with Crippen molar-refractivity contribution in [1.82, 2.24) is 4.98 Å². The molecule has 1 aromatic heterocycles. The van der Waals surface area contributed by atoms with Gasteiger partial charge in [-0.05, 0) is 67.3 Å². The lowest BCUT2D eigenvalue weighted by molar-refractivity contribution is -0.112. The molecule has 0 spiro atoms. The van der Waals surface area contributed by atoms with Crippen LogP contribution in [0.25, 0.3) is 0 Å². The van der Waals surface area contributed by atoms with Gasteiger partial charge >= 0.3 is 0 Å². The molecule has 4 rings (SSSR count). The lowest BCUT2D eigenvalue weighted by Crippen LogP contribution is -2.09. The number of aryl methyl sites for hydroxylation is 1. The zero-order valence-electron chi connectivity index (χ0n) is 19.5. The third kappa shape index (κ3) is 5.87. The van der Waals surface area contributed by atoms with Crippen LogP contribution in [0.4, 0.5) is 5.69 Å². The molecule has 170 valence electrons. The van der Waals surface area contributed by atoms with Gasteiger partial charge in [-0.15, -0.1) is 0 Å². The topological polar surface area (TPSA) is 71.8 Å². The van der Waals surface area contributed by atoms with E-state index in [4.69, 9.17) is 4.99 Å². The number of nitrogens with zero attached hydrogens (tertiary/aromatic N) is 3. The summed E-state index contributed by atoms with van der Waals surface area (Å²) in [6, 6.07) is 17.7. The fourth-order valence-electron chi connectivity index (χ4n) is 3.95. The first-order chi connectivity index (χ1) is 16.5. The number of para-hydroxylation sites is 1. The Bertz CT molecular complexity index is 1320. The summed E-state index contributed by atoms with van der Waals surface area (Å²) in [6.07, 6.45) is 8.52. The van der Waals surface area contributed by atoms with E-state index in [0.717, 1.165) is 40.2 Å². The predicted octanol–water partition coefficient (Wildman–Crippen LogP) is 5.47. The molecule has 0 bridgehead atoms. The van der Waals surface area contributed by atoms with Crippen LogP contribution < -0.4 is 0 Å². The van der Waals surface area contributed by atoms with E-state index in [1.165, 1.54) is 18.6 Å². The normalized spacial score (nSPS) is 13.1. The average Bonchev–Trinajstić information content (AvgIpc) is 3.24. The van der Waals surface area contributed by atoms with Crippen LogP contribution in [0.5, 0.6) is 0 Å². The summed E-state index contributed by atoms with van der Waals surface area (Å²) in [5, 5.41) is 0. The Kier molecular flexibility index (Phi) is 7.33. The molecule has 0 saturated carbocycles. The number of fused-ring (bicyclic) bond motifs is 1.